The van der Waals surface area contributed by atoms with Crippen LogP contribution in [-0.2, 0) is 0 Å². The number of para-hydroxylation sites is 1. The van der Waals surface area contributed by atoms with Crippen molar-refractivity contribution in [3.05, 3.63) is 82.4 Å². The van der Waals surface area contributed by atoms with Crippen LogP contribution in [0.2, 0.25) is 0 Å². The fourth-order valence-electron chi connectivity index (χ4n) is 2.94. The van der Waals surface area contributed by atoms with E-state index in [1.54, 1.807) is 37.4 Å². The number of hydrogen-bond donors (Lipinski definition) is 0. The van der Waals surface area contributed by atoms with Crippen molar-refractivity contribution in [2.24, 2.45) is 0 Å². The smallest absolute Gasteiger partial charge is 0.271 e. The lowest BCUT2D eigenvalue weighted by atomic mass is 10.1. The molecule has 1 heterocycles. The Bertz CT molecular complexity index is 1050. The fourth-order valence-corrected chi connectivity index (χ4v) is 3.98. The maximum absolute atomic E-state index is 13.3. The first-order chi connectivity index (χ1) is 13.1. The largest absolute Gasteiger partial charge is 0.497 e. The normalized spacial score (nSPS) is 12.1. The third-order valence-electron chi connectivity index (χ3n) is 4.26. The SMILES string of the molecule is COc1ccc(C(=O)N2c3ccccc3Sc3ccc([N+](=O)[O-])cc32)cc1. The molecule has 0 N–H and O–H groups in total. The zero-order valence-corrected chi connectivity index (χ0v) is 15.1. The van der Waals surface area contributed by atoms with Crippen molar-refractivity contribution < 1.29 is 14.5 Å². The molecule has 3 aromatic carbocycles. The summed E-state index contributed by atoms with van der Waals surface area (Å²) in [4.78, 5) is 27.3. The number of fused-ring (bicyclic) bond motifs is 2. The van der Waals surface area contributed by atoms with Crippen molar-refractivity contribution in [3.8, 4) is 5.75 Å². The number of amides is 1. The van der Waals surface area contributed by atoms with Crippen LogP contribution in [0.3, 0.4) is 0 Å². The van der Waals surface area contributed by atoms with Gasteiger partial charge in [-0.15, -0.1) is 0 Å². The molecule has 0 saturated carbocycles. The number of rotatable bonds is 3. The van der Waals surface area contributed by atoms with Gasteiger partial charge in [0.05, 0.1) is 23.4 Å². The summed E-state index contributed by atoms with van der Waals surface area (Å²) in [6.45, 7) is 0. The van der Waals surface area contributed by atoms with Gasteiger partial charge < -0.3 is 4.74 Å². The molecule has 0 spiro atoms. The van der Waals surface area contributed by atoms with E-state index in [1.807, 2.05) is 24.3 Å². The lowest BCUT2D eigenvalue weighted by Gasteiger charge is -2.31. The van der Waals surface area contributed by atoms with E-state index in [0.717, 1.165) is 9.79 Å². The molecule has 134 valence electrons. The molecule has 0 fully saturated rings. The summed E-state index contributed by atoms with van der Waals surface area (Å²) < 4.78 is 5.15. The number of carbonyl (C=O) groups is 1. The first-order valence-corrected chi connectivity index (χ1v) is 8.94. The van der Waals surface area contributed by atoms with Crippen LogP contribution < -0.4 is 9.64 Å². The average molecular weight is 378 g/mol. The van der Waals surface area contributed by atoms with E-state index in [0.29, 0.717) is 22.7 Å². The molecule has 0 saturated heterocycles. The highest BCUT2D eigenvalue weighted by molar-refractivity contribution is 7.99. The second-order valence-corrected chi connectivity index (χ2v) is 6.93. The maximum Gasteiger partial charge on any atom is 0.271 e. The van der Waals surface area contributed by atoms with Crippen LogP contribution in [0.5, 0.6) is 5.75 Å². The van der Waals surface area contributed by atoms with E-state index < -0.39 is 4.92 Å². The number of hydrogen-bond acceptors (Lipinski definition) is 5. The van der Waals surface area contributed by atoms with Gasteiger partial charge >= 0.3 is 0 Å². The predicted octanol–water partition coefficient (Wildman–Crippen LogP) is 5.05. The van der Waals surface area contributed by atoms with E-state index in [-0.39, 0.29) is 11.6 Å². The zero-order valence-electron chi connectivity index (χ0n) is 14.3. The molecule has 0 radical (unpaired) electrons. The van der Waals surface area contributed by atoms with Gasteiger partial charge in [0.25, 0.3) is 11.6 Å². The predicted molar refractivity (Wildman–Crippen MR) is 103 cm³/mol. The van der Waals surface area contributed by atoms with Gasteiger partial charge in [-0.25, -0.2) is 0 Å². The molecule has 3 aromatic rings. The number of nitro groups is 1. The van der Waals surface area contributed by atoms with Crippen LogP contribution in [0.25, 0.3) is 0 Å². The minimum atomic E-state index is -0.457. The van der Waals surface area contributed by atoms with E-state index in [4.69, 9.17) is 4.74 Å². The molecular formula is C20H14N2O4S. The van der Waals surface area contributed by atoms with Crippen LogP contribution in [0.1, 0.15) is 10.4 Å². The number of non-ortho nitro benzene ring substituents is 1. The number of ether oxygens (including phenoxy) is 1. The van der Waals surface area contributed by atoms with E-state index in [2.05, 4.69) is 0 Å². The Morgan fingerprint density at radius 3 is 2.41 bits per heavy atom. The Morgan fingerprint density at radius 2 is 1.70 bits per heavy atom. The molecule has 6 nitrogen and oxygen atoms in total. The van der Waals surface area contributed by atoms with Crippen LogP contribution in [-0.4, -0.2) is 17.9 Å². The first-order valence-electron chi connectivity index (χ1n) is 8.12. The van der Waals surface area contributed by atoms with Gasteiger partial charge in [0, 0.05) is 27.5 Å². The van der Waals surface area contributed by atoms with Crippen molar-refractivity contribution in [3.63, 3.8) is 0 Å². The third kappa shape index (κ3) is 3.02. The van der Waals surface area contributed by atoms with Crippen LogP contribution >= 0.6 is 11.8 Å². The molecule has 4 rings (SSSR count). The summed E-state index contributed by atoms with van der Waals surface area (Å²) in [5.41, 5.74) is 1.63. The Kier molecular flexibility index (Phi) is 4.29. The minimum absolute atomic E-state index is 0.0544. The number of carbonyl (C=O) groups excluding carboxylic acids is 1. The van der Waals surface area contributed by atoms with E-state index in [1.165, 1.54) is 28.8 Å². The lowest BCUT2D eigenvalue weighted by molar-refractivity contribution is -0.384. The number of benzene rings is 3. The topological polar surface area (TPSA) is 72.7 Å². The molecule has 27 heavy (non-hydrogen) atoms. The minimum Gasteiger partial charge on any atom is -0.497 e. The number of methoxy groups -OCH3 is 1. The number of anilines is 2. The molecule has 0 atom stereocenters. The van der Waals surface area contributed by atoms with Crippen molar-refractivity contribution in [2.75, 3.05) is 12.0 Å². The monoisotopic (exact) mass is 378 g/mol. The van der Waals surface area contributed by atoms with Crippen LogP contribution in [0.15, 0.2) is 76.5 Å². The third-order valence-corrected chi connectivity index (χ3v) is 5.39. The summed E-state index contributed by atoms with van der Waals surface area (Å²) in [5, 5.41) is 11.2. The lowest BCUT2D eigenvalue weighted by Crippen LogP contribution is -2.28. The Morgan fingerprint density at radius 1 is 1.00 bits per heavy atom. The molecule has 0 bridgehead atoms. The van der Waals surface area contributed by atoms with Gasteiger partial charge in [0.15, 0.2) is 0 Å². The zero-order chi connectivity index (χ0) is 19.0. The van der Waals surface area contributed by atoms with Crippen molar-refractivity contribution in [1.29, 1.82) is 0 Å². The summed E-state index contributed by atoms with van der Waals surface area (Å²) in [7, 11) is 1.56. The fraction of sp³-hybridized carbons (Fsp3) is 0.0500. The van der Waals surface area contributed by atoms with Crippen molar-refractivity contribution in [2.45, 2.75) is 9.79 Å². The average Bonchev–Trinajstić information content (AvgIpc) is 2.71. The summed E-state index contributed by atoms with van der Waals surface area (Å²) in [6, 6.07) is 18.9. The van der Waals surface area contributed by atoms with Crippen molar-refractivity contribution in [1.82, 2.24) is 0 Å². The highest BCUT2D eigenvalue weighted by Crippen LogP contribution is 2.49. The highest BCUT2D eigenvalue weighted by atomic mass is 32.2. The molecule has 1 aliphatic rings. The highest BCUT2D eigenvalue weighted by Gasteiger charge is 2.30. The summed E-state index contributed by atoms with van der Waals surface area (Å²) in [6.07, 6.45) is 0. The molecule has 0 aliphatic carbocycles. The molecule has 7 heteroatoms. The molecule has 0 unspecified atom stereocenters. The summed E-state index contributed by atoms with van der Waals surface area (Å²) in [5.74, 6) is 0.393. The van der Waals surface area contributed by atoms with Gasteiger partial charge in [-0.2, -0.15) is 0 Å². The van der Waals surface area contributed by atoms with E-state index in [9.17, 15) is 14.9 Å². The second-order valence-electron chi connectivity index (χ2n) is 5.85. The standard InChI is InChI=1S/C20H14N2O4S/c1-26-15-9-6-13(7-10-15)20(23)21-16-4-2-3-5-18(16)27-19-11-8-14(22(24)25)12-17(19)21/h2-12H,1H3. The maximum atomic E-state index is 13.3. The molecular weight excluding hydrogens is 364 g/mol. The van der Waals surface area contributed by atoms with Gasteiger partial charge in [-0.1, -0.05) is 23.9 Å². The summed E-state index contributed by atoms with van der Waals surface area (Å²) >= 11 is 1.49. The number of nitrogens with zero attached hydrogens (tertiary/aromatic N) is 2. The molecule has 1 amide bonds. The Balaban J connectivity index is 1.86. The molecule has 1 aliphatic heterocycles. The quantitative estimate of drug-likeness (QED) is 0.471. The van der Waals surface area contributed by atoms with Gasteiger partial charge in [0.2, 0.25) is 0 Å². The van der Waals surface area contributed by atoms with Crippen molar-refractivity contribution >= 4 is 34.7 Å². The van der Waals surface area contributed by atoms with E-state index >= 15 is 0 Å². The Labute approximate surface area is 159 Å². The van der Waals surface area contributed by atoms with Gasteiger partial charge in [-0.05, 0) is 42.5 Å². The number of nitro benzene ring substituents is 1. The molecule has 0 aromatic heterocycles. The first kappa shape index (κ1) is 17.1. The Hall–Kier alpha value is -3.32. The van der Waals surface area contributed by atoms with Gasteiger partial charge in [-0.3, -0.25) is 19.8 Å². The van der Waals surface area contributed by atoms with Crippen LogP contribution in [0.4, 0.5) is 17.1 Å². The second kappa shape index (κ2) is 6.77. The van der Waals surface area contributed by atoms with Crippen LogP contribution in [0, 0.1) is 10.1 Å². The van der Waals surface area contributed by atoms with Gasteiger partial charge in [0.1, 0.15) is 5.75 Å².